The Labute approximate surface area is 245 Å². The van der Waals surface area contributed by atoms with Crippen molar-refractivity contribution in [2.45, 2.75) is 49.1 Å². The number of aromatic amines is 1. The van der Waals surface area contributed by atoms with E-state index in [0.717, 1.165) is 6.33 Å². The fourth-order valence-electron chi connectivity index (χ4n) is 5.10. The summed E-state index contributed by atoms with van der Waals surface area (Å²) in [4.78, 5) is 44.4. The van der Waals surface area contributed by atoms with E-state index >= 15 is 0 Å². The number of pyridine rings is 1. The number of ether oxygens (including phenoxy) is 2. The highest BCUT2D eigenvalue weighted by Crippen LogP contribution is 2.50. The number of aromatic nitrogens is 7. The first-order valence-electron chi connectivity index (χ1n) is 12.7. The third-order valence-electron chi connectivity index (χ3n) is 7.11. The van der Waals surface area contributed by atoms with Crippen molar-refractivity contribution in [3.05, 3.63) is 41.5 Å². The van der Waals surface area contributed by atoms with Crippen molar-refractivity contribution >= 4 is 44.0 Å². The lowest BCUT2D eigenvalue weighted by molar-refractivity contribution is -0.0608. The number of phosphoric acid groups is 1. The van der Waals surface area contributed by atoms with Gasteiger partial charge in [-0.25, -0.2) is 24.6 Å². The van der Waals surface area contributed by atoms with Crippen LogP contribution in [0.15, 0.2) is 35.9 Å². The Bertz CT molecular complexity index is 1800. The average molecular weight is 659 g/mol. The molecule has 4 aromatic rings. The minimum Gasteiger partial charge on any atom is -0.397 e. The van der Waals surface area contributed by atoms with Crippen LogP contribution in [-0.4, -0.2) is 109 Å². The van der Waals surface area contributed by atoms with Crippen LogP contribution in [0, 0.1) is 0 Å². The number of rotatable bonds is 10. The SMILES string of the molecule is Nc1ccnc2c1ncn2[C@@H]1O[C@H](COP(=O)(O)O[C@@H]2[C@H](O)[C@@H](CO)O[C@H]2n2cnc3c(=O)[nH]ncc32)[C@@H](O[P+](=O)O)[C@H]1O. The second-order valence-corrected chi connectivity index (χ2v) is 11.8. The van der Waals surface area contributed by atoms with Crippen LogP contribution in [0.25, 0.3) is 22.2 Å². The van der Waals surface area contributed by atoms with E-state index < -0.39 is 83.9 Å². The number of imidazole rings is 2. The van der Waals surface area contributed by atoms with Crippen LogP contribution in [0.3, 0.4) is 0 Å². The van der Waals surface area contributed by atoms with Crippen LogP contribution in [-0.2, 0) is 32.2 Å². The lowest BCUT2D eigenvalue weighted by Crippen LogP contribution is -2.36. The summed E-state index contributed by atoms with van der Waals surface area (Å²) in [5.41, 5.74) is 6.16. The zero-order valence-corrected chi connectivity index (χ0v) is 23.9. The Hall–Kier alpha value is -3.30. The summed E-state index contributed by atoms with van der Waals surface area (Å²) < 4.78 is 53.9. The normalized spacial score (nSPS) is 30.7. The molecule has 0 bridgehead atoms. The molecule has 6 rings (SSSR count). The highest BCUT2D eigenvalue weighted by atomic mass is 31.2. The van der Waals surface area contributed by atoms with Gasteiger partial charge in [0, 0.05) is 10.8 Å². The monoisotopic (exact) mass is 659 g/mol. The molecule has 2 aliphatic heterocycles. The first kappa shape index (κ1) is 30.7. The number of aliphatic hydroxyl groups excluding tert-OH is 3. The van der Waals surface area contributed by atoms with E-state index in [0.29, 0.717) is 5.52 Å². The standard InChI is InChI=1S/C21H24N8O13P2/c22-8-1-2-23-18-12(8)24-7-29(18)20-15(32)16(41-43(34)35)11(40-20)5-38-44(36,37)42-17-14(31)10(4-30)39-21(17)28-6-25-13-9(28)3-26-27-19(13)33/h1-3,6-7,10-11,14-17,20-21,30-32H,4-5H2,(H4-,22,23,27,33,34,35,36,37)/p+1/t10-,11-,14-,15-,16-,17-,20-,21-/m1/s1. The number of H-pyrrole nitrogens is 1. The second kappa shape index (κ2) is 11.9. The van der Waals surface area contributed by atoms with Crippen molar-refractivity contribution in [2.75, 3.05) is 18.9 Å². The third-order valence-corrected chi connectivity index (χ3v) is 8.52. The molecule has 2 saturated heterocycles. The summed E-state index contributed by atoms with van der Waals surface area (Å²) in [6, 6.07) is 1.51. The number of nitrogen functional groups attached to an aromatic ring is 1. The highest BCUT2D eigenvalue weighted by molar-refractivity contribution is 7.47. The van der Waals surface area contributed by atoms with E-state index in [9.17, 15) is 39.0 Å². The van der Waals surface area contributed by atoms with Crippen molar-refractivity contribution in [1.82, 2.24) is 34.3 Å². The van der Waals surface area contributed by atoms with Crippen molar-refractivity contribution < 1.29 is 57.3 Å². The van der Waals surface area contributed by atoms with Gasteiger partial charge in [0.15, 0.2) is 29.7 Å². The quantitative estimate of drug-likeness (QED) is 0.0923. The van der Waals surface area contributed by atoms with E-state index in [1.54, 1.807) is 0 Å². The van der Waals surface area contributed by atoms with E-state index in [1.807, 2.05) is 0 Å². The summed E-state index contributed by atoms with van der Waals surface area (Å²) in [6.07, 6.45) is -6.75. The molecule has 23 heteroatoms. The van der Waals surface area contributed by atoms with E-state index in [-0.39, 0.29) is 22.4 Å². The van der Waals surface area contributed by atoms with Crippen LogP contribution in [0.5, 0.6) is 0 Å². The lowest BCUT2D eigenvalue weighted by Gasteiger charge is -2.25. The Balaban J connectivity index is 1.22. The number of phosphoric ester groups is 1. The molecule has 0 spiro atoms. The topological polar surface area (TPSA) is 302 Å². The summed E-state index contributed by atoms with van der Waals surface area (Å²) in [5.74, 6) is 0. The summed E-state index contributed by atoms with van der Waals surface area (Å²) in [6.45, 7) is -1.51. The molecule has 4 aromatic heterocycles. The first-order valence-corrected chi connectivity index (χ1v) is 15.4. The number of nitrogens with zero attached hydrogens (tertiary/aromatic N) is 6. The van der Waals surface area contributed by atoms with Gasteiger partial charge in [0.2, 0.25) is 0 Å². The molecule has 2 unspecified atom stereocenters. The summed E-state index contributed by atoms with van der Waals surface area (Å²) >= 11 is 0. The maximum atomic E-state index is 13.1. The lowest BCUT2D eigenvalue weighted by atomic mass is 10.1. The number of fused-ring (bicyclic) bond motifs is 2. The Kier molecular flexibility index (Phi) is 8.30. The number of aliphatic hydroxyl groups is 3. The smallest absolute Gasteiger partial charge is 0.397 e. The van der Waals surface area contributed by atoms with Gasteiger partial charge < -0.3 is 35.4 Å². The Morgan fingerprint density at radius 2 is 1.80 bits per heavy atom. The predicted molar refractivity (Wildman–Crippen MR) is 142 cm³/mol. The molecule has 8 N–H and O–H groups in total. The van der Waals surface area contributed by atoms with Crippen molar-refractivity contribution in [3.63, 3.8) is 0 Å². The number of nitrogens with one attached hydrogen (secondary N) is 1. The van der Waals surface area contributed by atoms with Gasteiger partial charge in [-0.3, -0.25) is 23.0 Å². The fraction of sp³-hybridized carbons (Fsp3) is 0.476. The van der Waals surface area contributed by atoms with Gasteiger partial charge in [0.25, 0.3) is 5.56 Å². The van der Waals surface area contributed by atoms with Gasteiger partial charge in [0.05, 0.1) is 43.3 Å². The van der Waals surface area contributed by atoms with E-state index in [2.05, 4.69) is 25.1 Å². The van der Waals surface area contributed by atoms with Gasteiger partial charge in [0.1, 0.15) is 36.0 Å². The van der Waals surface area contributed by atoms with Gasteiger partial charge in [-0.1, -0.05) is 0 Å². The van der Waals surface area contributed by atoms with Crippen LogP contribution >= 0.6 is 16.1 Å². The third kappa shape index (κ3) is 5.53. The summed E-state index contributed by atoms with van der Waals surface area (Å²) in [5, 5.41) is 37.2. The molecular weight excluding hydrogens is 634 g/mol. The molecule has 0 aliphatic carbocycles. The van der Waals surface area contributed by atoms with E-state index in [1.165, 1.54) is 33.9 Å². The van der Waals surface area contributed by atoms with Crippen molar-refractivity contribution in [2.24, 2.45) is 0 Å². The molecule has 44 heavy (non-hydrogen) atoms. The number of anilines is 1. The molecule has 236 valence electrons. The highest BCUT2D eigenvalue weighted by Gasteiger charge is 2.53. The van der Waals surface area contributed by atoms with Gasteiger partial charge in [-0.15, -0.1) is 9.42 Å². The molecule has 2 aliphatic rings. The summed E-state index contributed by atoms with van der Waals surface area (Å²) in [7, 11) is -8.39. The van der Waals surface area contributed by atoms with Crippen LogP contribution in [0.2, 0.25) is 0 Å². The zero-order chi connectivity index (χ0) is 31.3. The van der Waals surface area contributed by atoms with Gasteiger partial charge in [-0.05, 0) is 6.07 Å². The molecule has 6 heterocycles. The molecule has 0 saturated carbocycles. The maximum absolute atomic E-state index is 13.1. The van der Waals surface area contributed by atoms with Crippen LogP contribution < -0.4 is 11.3 Å². The van der Waals surface area contributed by atoms with E-state index in [4.69, 9.17) is 28.8 Å². The van der Waals surface area contributed by atoms with Crippen molar-refractivity contribution in [3.8, 4) is 0 Å². The van der Waals surface area contributed by atoms with Crippen molar-refractivity contribution in [1.29, 1.82) is 0 Å². The molecular formula is C21H25N8O13P2+. The van der Waals surface area contributed by atoms with Gasteiger partial charge >= 0.3 is 16.1 Å². The molecule has 21 nitrogen and oxygen atoms in total. The maximum Gasteiger partial charge on any atom is 0.695 e. The minimum atomic E-state index is -5.12. The van der Waals surface area contributed by atoms with Crippen LogP contribution in [0.1, 0.15) is 12.5 Å². The molecule has 0 amide bonds. The van der Waals surface area contributed by atoms with Gasteiger partial charge in [-0.2, -0.15) is 5.10 Å². The largest absolute Gasteiger partial charge is 0.695 e. The fourth-order valence-corrected chi connectivity index (χ4v) is 6.50. The molecule has 2 fully saturated rings. The Morgan fingerprint density at radius 3 is 2.55 bits per heavy atom. The second-order valence-electron chi connectivity index (χ2n) is 9.75. The molecule has 0 radical (unpaired) electrons. The molecule has 10 atom stereocenters. The van der Waals surface area contributed by atoms with Crippen LogP contribution in [0.4, 0.5) is 5.69 Å². The predicted octanol–water partition coefficient (Wildman–Crippen LogP) is -1.81. The zero-order valence-electron chi connectivity index (χ0n) is 22.1. The molecule has 0 aromatic carbocycles. The number of nitrogens with two attached hydrogens (primary N) is 1. The average Bonchev–Trinajstić information content (AvgIpc) is 3.74. The minimum absolute atomic E-state index is 0.0453. The Morgan fingerprint density at radius 1 is 1.07 bits per heavy atom. The number of hydrogen-bond donors (Lipinski definition) is 7. The first-order chi connectivity index (χ1) is 21.0. The number of hydrogen-bond acceptors (Lipinski definition) is 16.